The Kier molecular flexibility index (Phi) is 4.45. The number of amides is 2. The second kappa shape index (κ2) is 6.27. The lowest BCUT2D eigenvalue weighted by Gasteiger charge is -2.09. The van der Waals surface area contributed by atoms with Crippen LogP contribution in [-0.4, -0.2) is 37.1 Å². The molecule has 2 amide bonds. The average Bonchev–Trinajstić information content (AvgIpc) is 3.28. The monoisotopic (exact) mass is 278 g/mol. The van der Waals surface area contributed by atoms with Crippen LogP contribution in [0.4, 0.5) is 0 Å². The summed E-state index contributed by atoms with van der Waals surface area (Å²) in [7, 11) is 1.49. The number of benzene rings is 1. The van der Waals surface area contributed by atoms with Crippen LogP contribution >= 0.6 is 0 Å². The van der Waals surface area contributed by atoms with Crippen LogP contribution in [0, 0.1) is 5.92 Å². The molecule has 0 spiro atoms. The molecule has 1 aromatic carbocycles. The number of carbonyl (C=O) groups excluding carboxylic acids is 2. The van der Waals surface area contributed by atoms with Crippen LogP contribution < -0.4 is 15.4 Å². The third kappa shape index (κ3) is 3.63. The summed E-state index contributed by atoms with van der Waals surface area (Å²) in [5.74, 6) is 0.194. The number of rotatable bonds is 6. The number of methoxy groups -OCH3 is 1. The Bertz CT molecular complexity index is 512. The maximum Gasteiger partial charge on any atom is 0.255 e. The number of aromatic hydroxyl groups is 1. The smallest absolute Gasteiger partial charge is 0.255 e. The molecule has 0 bridgehead atoms. The molecule has 0 aliphatic heterocycles. The van der Waals surface area contributed by atoms with Gasteiger partial charge in [-0.1, -0.05) is 0 Å². The van der Waals surface area contributed by atoms with Crippen molar-refractivity contribution in [1.82, 2.24) is 10.6 Å². The Morgan fingerprint density at radius 3 is 2.65 bits per heavy atom. The molecular formula is C14H18N2O4. The van der Waals surface area contributed by atoms with E-state index in [-0.39, 0.29) is 23.1 Å². The maximum absolute atomic E-state index is 11.9. The number of ether oxygens (including phenoxy) is 1. The molecule has 3 N–H and O–H groups in total. The van der Waals surface area contributed by atoms with Gasteiger partial charge in [0.25, 0.3) is 5.91 Å². The minimum absolute atomic E-state index is 0.0449. The number of carbonyl (C=O) groups is 2. The van der Waals surface area contributed by atoms with E-state index < -0.39 is 5.91 Å². The fourth-order valence-corrected chi connectivity index (χ4v) is 1.77. The van der Waals surface area contributed by atoms with Crippen LogP contribution in [0.3, 0.4) is 0 Å². The van der Waals surface area contributed by atoms with E-state index in [9.17, 15) is 14.7 Å². The minimum Gasteiger partial charge on any atom is -0.507 e. The summed E-state index contributed by atoms with van der Waals surface area (Å²) < 4.78 is 5.00. The molecule has 0 radical (unpaired) electrons. The highest BCUT2D eigenvalue weighted by molar-refractivity contribution is 5.97. The first-order valence-corrected chi connectivity index (χ1v) is 6.54. The summed E-state index contributed by atoms with van der Waals surface area (Å²) in [6, 6.07) is 4.44. The number of hydrogen-bond donors (Lipinski definition) is 3. The van der Waals surface area contributed by atoms with Crippen LogP contribution in [0.5, 0.6) is 11.5 Å². The summed E-state index contributed by atoms with van der Waals surface area (Å²) in [5.41, 5.74) is 0.151. The molecule has 1 aliphatic carbocycles. The second-order valence-corrected chi connectivity index (χ2v) is 4.70. The number of hydrogen-bond acceptors (Lipinski definition) is 4. The second-order valence-electron chi connectivity index (χ2n) is 4.70. The van der Waals surface area contributed by atoms with Crippen molar-refractivity contribution in [3.05, 3.63) is 23.8 Å². The van der Waals surface area contributed by atoms with Crippen LogP contribution in [0.2, 0.25) is 0 Å². The standard InChI is InChI=1S/C14H18N2O4/c1-20-10-4-5-12(17)11(8-10)14(19)16-7-6-15-13(18)9-2-3-9/h4-5,8-9,17H,2-3,6-7H2,1H3,(H,15,18)(H,16,19). The van der Waals surface area contributed by atoms with E-state index in [0.717, 1.165) is 12.8 Å². The zero-order chi connectivity index (χ0) is 14.5. The van der Waals surface area contributed by atoms with Gasteiger partial charge in [-0.2, -0.15) is 0 Å². The van der Waals surface area contributed by atoms with Gasteiger partial charge < -0.3 is 20.5 Å². The SMILES string of the molecule is COc1ccc(O)c(C(=O)NCCNC(=O)C2CC2)c1. The molecule has 1 saturated carbocycles. The molecule has 20 heavy (non-hydrogen) atoms. The van der Waals surface area contributed by atoms with Gasteiger partial charge in [-0.3, -0.25) is 9.59 Å². The van der Waals surface area contributed by atoms with Crippen molar-refractivity contribution in [2.75, 3.05) is 20.2 Å². The number of phenols is 1. The van der Waals surface area contributed by atoms with Crippen molar-refractivity contribution in [2.45, 2.75) is 12.8 Å². The Balaban J connectivity index is 1.80. The summed E-state index contributed by atoms with van der Waals surface area (Å²) in [5, 5.41) is 15.0. The fraction of sp³-hybridized carbons (Fsp3) is 0.429. The molecule has 1 fully saturated rings. The van der Waals surface area contributed by atoms with E-state index in [1.54, 1.807) is 6.07 Å². The van der Waals surface area contributed by atoms with E-state index in [2.05, 4.69) is 10.6 Å². The van der Waals surface area contributed by atoms with Crippen molar-refractivity contribution in [3.8, 4) is 11.5 Å². The lowest BCUT2D eigenvalue weighted by Crippen LogP contribution is -2.35. The Hall–Kier alpha value is -2.24. The lowest BCUT2D eigenvalue weighted by atomic mass is 10.1. The van der Waals surface area contributed by atoms with E-state index in [1.807, 2.05) is 0 Å². The molecule has 108 valence electrons. The Morgan fingerprint density at radius 2 is 2.00 bits per heavy atom. The summed E-state index contributed by atoms with van der Waals surface area (Å²) >= 11 is 0. The largest absolute Gasteiger partial charge is 0.507 e. The summed E-state index contributed by atoms with van der Waals surface area (Å²) in [6.07, 6.45) is 1.91. The van der Waals surface area contributed by atoms with Gasteiger partial charge >= 0.3 is 0 Å². The van der Waals surface area contributed by atoms with Gasteiger partial charge in [0.1, 0.15) is 11.5 Å². The minimum atomic E-state index is -0.401. The molecule has 0 aromatic heterocycles. The van der Waals surface area contributed by atoms with E-state index in [4.69, 9.17) is 4.74 Å². The highest BCUT2D eigenvalue weighted by atomic mass is 16.5. The zero-order valence-electron chi connectivity index (χ0n) is 11.3. The molecule has 2 rings (SSSR count). The Labute approximate surface area is 117 Å². The topological polar surface area (TPSA) is 87.7 Å². The predicted molar refractivity (Wildman–Crippen MR) is 72.7 cm³/mol. The van der Waals surface area contributed by atoms with Crippen molar-refractivity contribution < 1.29 is 19.4 Å². The molecule has 0 saturated heterocycles. The molecular weight excluding hydrogens is 260 g/mol. The molecule has 1 aliphatic rings. The van der Waals surface area contributed by atoms with E-state index in [0.29, 0.717) is 18.8 Å². The van der Waals surface area contributed by atoms with Crippen LogP contribution in [0.15, 0.2) is 18.2 Å². The van der Waals surface area contributed by atoms with Gasteiger partial charge in [0.05, 0.1) is 12.7 Å². The third-order valence-corrected chi connectivity index (χ3v) is 3.11. The highest BCUT2D eigenvalue weighted by Gasteiger charge is 2.29. The van der Waals surface area contributed by atoms with Crippen LogP contribution in [0.1, 0.15) is 23.2 Å². The van der Waals surface area contributed by atoms with Crippen LogP contribution in [0.25, 0.3) is 0 Å². The molecule has 0 atom stereocenters. The highest BCUT2D eigenvalue weighted by Crippen LogP contribution is 2.28. The molecule has 0 unspecified atom stereocenters. The van der Waals surface area contributed by atoms with Crippen molar-refractivity contribution in [1.29, 1.82) is 0 Å². The van der Waals surface area contributed by atoms with Crippen LogP contribution in [-0.2, 0) is 4.79 Å². The van der Waals surface area contributed by atoms with Gasteiger partial charge in [0, 0.05) is 19.0 Å². The summed E-state index contributed by atoms with van der Waals surface area (Å²) in [6.45, 7) is 0.694. The summed E-state index contributed by atoms with van der Waals surface area (Å²) in [4.78, 5) is 23.3. The fourth-order valence-electron chi connectivity index (χ4n) is 1.77. The van der Waals surface area contributed by atoms with Gasteiger partial charge in [-0.05, 0) is 31.0 Å². The average molecular weight is 278 g/mol. The zero-order valence-corrected chi connectivity index (χ0v) is 11.3. The molecule has 6 heteroatoms. The first kappa shape index (κ1) is 14.2. The van der Waals surface area contributed by atoms with Crippen molar-refractivity contribution in [3.63, 3.8) is 0 Å². The predicted octanol–water partition coefficient (Wildman–Crippen LogP) is 0.657. The first-order chi connectivity index (χ1) is 9.61. The van der Waals surface area contributed by atoms with Gasteiger partial charge in [0.2, 0.25) is 5.91 Å². The number of nitrogens with one attached hydrogen (secondary N) is 2. The lowest BCUT2D eigenvalue weighted by molar-refractivity contribution is -0.122. The molecule has 0 heterocycles. The number of phenolic OH excluding ortho intramolecular Hbond substituents is 1. The normalized spacial score (nSPS) is 13.7. The van der Waals surface area contributed by atoms with Gasteiger partial charge in [-0.15, -0.1) is 0 Å². The van der Waals surface area contributed by atoms with Gasteiger partial charge in [-0.25, -0.2) is 0 Å². The first-order valence-electron chi connectivity index (χ1n) is 6.54. The molecule has 1 aromatic rings. The maximum atomic E-state index is 11.9. The van der Waals surface area contributed by atoms with Crippen molar-refractivity contribution in [2.24, 2.45) is 5.92 Å². The van der Waals surface area contributed by atoms with E-state index >= 15 is 0 Å². The molecule has 6 nitrogen and oxygen atoms in total. The Morgan fingerprint density at radius 1 is 1.30 bits per heavy atom. The van der Waals surface area contributed by atoms with E-state index in [1.165, 1.54) is 19.2 Å². The third-order valence-electron chi connectivity index (χ3n) is 3.11. The van der Waals surface area contributed by atoms with Crippen molar-refractivity contribution >= 4 is 11.8 Å². The van der Waals surface area contributed by atoms with Gasteiger partial charge in [0.15, 0.2) is 0 Å². The quantitative estimate of drug-likeness (QED) is 0.667.